The zero-order chi connectivity index (χ0) is 57.8. The van der Waals surface area contributed by atoms with Crippen LogP contribution in [0.15, 0.2) is 54.6 Å². The largest absolute Gasteiger partial charge is 0.481 e. The lowest BCUT2D eigenvalue weighted by Gasteiger charge is -2.23. The summed E-state index contributed by atoms with van der Waals surface area (Å²) in [5.41, 5.74) is 8.95. The SMILES string of the molecule is C.CCOC(=O)CCCc1nc2ccc(N(CCCl)CCCl)cc2n1C.CCOC(=O)CCCc1nc2ccc(N(CCO)CCO)cc2n1C.Cn1c(CCCC(=O)O)nc2ccc(N(CCCl)CCCl)cc21.O=P(Cl)(Cl)Cl. The van der Waals surface area contributed by atoms with Gasteiger partial charge in [-0.05, 0) is 121 Å². The minimum absolute atomic E-state index is 0. The highest BCUT2D eigenvalue weighted by Crippen LogP contribution is 2.61. The van der Waals surface area contributed by atoms with Gasteiger partial charge in [0.05, 0.1) is 59.5 Å². The Hall–Kier alpha value is -3.94. The number of hydrogen-bond donors (Lipinski definition) is 3. The normalized spacial score (nSPS) is 11.0. The maximum Gasteiger partial charge on any atom is 0.339 e. The second kappa shape index (κ2) is 38.0. The fourth-order valence-corrected chi connectivity index (χ4v) is 9.17. The molecule has 79 heavy (non-hydrogen) atoms. The molecule has 0 atom stereocenters. The van der Waals surface area contributed by atoms with Gasteiger partial charge in [0.25, 0.3) is 0 Å². The molecule has 26 heteroatoms. The minimum atomic E-state index is -3.22. The number of hydrogen-bond acceptors (Lipinski definition) is 14. The van der Waals surface area contributed by atoms with Gasteiger partial charge in [0.1, 0.15) is 17.5 Å². The van der Waals surface area contributed by atoms with Crippen molar-refractivity contribution >= 4 is 153 Å². The molecule has 3 aromatic heterocycles. The number of nitrogens with zero attached hydrogens (tertiary/aromatic N) is 9. The Morgan fingerprint density at radius 3 is 1.06 bits per heavy atom. The van der Waals surface area contributed by atoms with Gasteiger partial charge in [0.15, 0.2) is 0 Å². The van der Waals surface area contributed by atoms with Crippen LogP contribution in [0.5, 0.6) is 0 Å². The first-order valence-corrected chi connectivity index (χ1v) is 32.1. The number of anilines is 3. The lowest BCUT2D eigenvalue weighted by Crippen LogP contribution is -2.29. The van der Waals surface area contributed by atoms with E-state index < -0.39 is 11.2 Å². The number of carboxylic acids is 1. The van der Waals surface area contributed by atoms with Crippen LogP contribution in [0.2, 0.25) is 0 Å². The van der Waals surface area contributed by atoms with Crippen molar-refractivity contribution in [3.8, 4) is 0 Å². The Labute approximate surface area is 498 Å². The van der Waals surface area contributed by atoms with Crippen molar-refractivity contribution in [1.82, 2.24) is 28.7 Å². The van der Waals surface area contributed by atoms with Crippen molar-refractivity contribution in [2.45, 2.75) is 79.1 Å². The number of fused-ring (bicyclic) bond motifs is 3. The van der Waals surface area contributed by atoms with Crippen LogP contribution in [-0.2, 0) is 68.8 Å². The van der Waals surface area contributed by atoms with E-state index in [2.05, 4.69) is 81.2 Å². The molecule has 0 radical (unpaired) electrons. The number of aliphatic carboxylic acids is 1. The van der Waals surface area contributed by atoms with Crippen LogP contribution in [0.4, 0.5) is 17.1 Å². The molecule has 0 saturated heterocycles. The molecule has 3 heterocycles. The van der Waals surface area contributed by atoms with Crippen molar-refractivity contribution in [2.75, 3.05) is 104 Å². The van der Waals surface area contributed by atoms with Gasteiger partial charge in [-0.25, -0.2) is 15.0 Å². The number of alkyl halides is 4. The first kappa shape index (κ1) is 71.2. The number of aliphatic hydroxyl groups is 2. The van der Waals surface area contributed by atoms with Crippen molar-refractivity contribution < 1.29 is 43.7 Å². The highest BCUT2D eigenvalue weighted by molar-refractivity contribution is 8.24. The topological polar surface area (TPSA) is 211 Å². The summed E-state index contributed by atoms with van der Waals surface area (Å²) in [5.74, 6) is 3.89. The molecule has 442 valence electrons. The summed E-state index contributed by atoms with van der Waals surface area (Å²) in [4.78, 5) is 53.7. The maximum atomic E-state index is 11.5. The number of rotatable bonds is 29. The van der Waals surface area contributed by atoms with E-state index in [0.717, 1.165) is 107 Å². The number of imidazole rings is 3. The van der Waals surface area contributed by atoms with E-state index in [0.29, 0.717) is 88.3 Å². The lowest BCUT2D eigenvalue weighted by molar-refractivity contribution is -0.144. The number of aliphatic hydroxyl groups excluding tert-OH is 2. The third-order valence-corrected chi connectivity index (χ3v) is 12.8. The van der Waals surface area contributed by atoms with Gasteiger partial charge in [-0.2, -0.15) is 0 Å². The fraction of sp³-hybridized carbons (Fsp3) is 0.547. The number of carboxylic acid groups (broad SMARTS) is 1. The first-order valence-electron chi connectivity index (χ1n) is 25.6. The highest BCUT2D eigenvalue weighted by Gasteiger charge is 2.16. The third-order valence-electron chi connectivity index (χ3n) is 12.1. The molecule has 0 saturated carbocycles. The molecule has 0 unspecified atom stereocenters. The van der Waals surface area contributed by atoms with Crippen LogP contribution in [0.1, 0.15) is 77.3 Å². The molecule has 0 fully saturated rings. The van der Waals surface area contributed by atoms with Crippen LogP contribution >= 0.6 is 85.3 Å². The summed E-state index contributed by atoms with van der Waals surface area (Å²) in [7, 11) is 5.93. The Bertz CT molecular complexity index is 2690. The summed E-state index contributed by atoms with van der Waals surface area (Å²) in [6.07, 6.45) is 5.09. The standard InChI is InChI=1S/C18H25Cl2N3O2.C18H27N3O4.C16H21Cl2N3O2.CH4.Cl3OP/c1-3-25-18(24)6-4-5-17-21-15-8-7-14(13-16(15)22(17)2)23(11-9-19)12-10-20;1-3-25-18(24)6-4-5-17-19-15-8-7-14(13-16(15)20(17)2)21(9-11-22)10-12-23;1-20-14-11-12(21(9-7-17)10-8-18)5-6-13(14)19-15(20)3-2-4-16(22)23;;1-5(2,3)4/h7-8,13H,3-6,9-12H2,1-2H3;7-8,13,22-23H,3-6,9-12H2,1-2H3;5-6,11H,2-4,7-10H2,1H3,(H,22,23);1H4;. The van der Waals surface area contributed by atoms with E-state index >= 15 is 0 Å². The van der Waals surface area contributed by atoms with Crippen LogP contribution < -0.4 is 14.7 Å². The Kier molecular flexibility index (Phi) is 34.2. The molecular formula is C53H77Cl7N9O9P. The van der Waals surface area contributed by atoms with Crippen molar-refractivity contribution in [3.63, 3.8) is 0 Å². The molecule has 18 nitrogen and oxygen atoms in total. The molecule has 3 N–H and O–H groups in total. The molecule has 0 aliphatic carbocycles. The number of ether oxygens (including phenoxy) is 2. The molecule has 0 aliphatic heterocycles. The van der Waals surface area contributed by atoms with Crippen molar-refractivity contribution in [1.29, 1.82) is 0 Å². The molecule has 3 aromatic carbocycles. The number of benzene rings is 3. The second-order valence-electron chi connectivity index (χ2n) is 17.4. The van der Waals surface area contributed by atoms with E-state index in [1.54, 1.807) is 6.92 Å². The summed E-state index contributed by atoms with van der Waals surface area (Å²) < 4.78 is 25.6. The smallest absolute Gasteiger partial charge is 0.339 e. The number of halogens is 7. The van der Waals surface area contributed by atoms with Crippen molar-refractivity contribution in [2.24, 2.45) is 21.1 Å². The molecule has 0 spiro atoms. The number of esters is 2. The molecule has 0 amide bonds. The Morgan fingerprint density at radius 1 is 0.532 bits per heavy atom. The number of carbonyl (C=O) groups is 3. The van der Waals surface area contributed by atoms with Gasteiger partial charge >= 0.3 is 23.1 Å². The minimum Gasteiger partial charge on any atom is -0.481 e. The molecule has 6 rings (SSSR count). The Balaban J connectivity index is 0.000000385. The number of aromatic nitrogens is 6. The summed E-state index contributed by atoms with van der Waals surface area (Å²) in [5, 5.41) is 23.9. The second-order valence-corrected chi connectivity index (χ2v) is 25.6. The van der Waals surface area contributed by atoms with E-state index in [-0.39, 0.29) is 39.0 Å². The summed E-state index contributed by atoms with van der Waals surface area (Å²) >= 11 is 37.4. The van der Waals surface area contributed by atoms with Gasteiger partial charge in [-0.15, -0.1) is 46.4 Å². The molecule has 6 aromatic rings. The zero-order valence-corrected chi connectivity index (χ0v) is 51.1. The van der Waals surface area contributed by atoms with Crippen molar-refractivity contribution in [3.05, 3.63) is 72.1 Å². The van der Waals surface area contributed by atoms with Gasteiger partial charge in [-0.1, -0.05) is 7.43 Å². The van der Waals surface area contributed by atoms with Gasteiger partial charge in [-0.3, -0.25) is 18.9 Å². The third kappa shape index (κ3) is 24.6. The van der Waals surface area contributed by atoms with Crippen LogP contribution in [-0.4, -0.2) is 151 Å². The predicted octanol–water partition coefficient (Wildman–Crippen LogP) is 11.7. The monoisotopic (exact) mass is 1260 g/mol. The first-order chi connectivity index (χ1) is 37.3. The number of aryl methyl sites for hydroxylation is 6. The average Bonchev–Trinajstić information content (AvgIpc) is 4.02. The summed E-state index contributed by atoms with van der Waals surface area (Å²) in [6.45, 7) is 8.44. The molecule has 0 aliphatic rings. The lowest BCUT2D eigenvalue weighted by atomic mass is 10.2. The quantitative estimate of drug-likeness (QED) is 0.0227. The van der Waals surface area contributed by atoms with Gasteiger partial charge < -0.3 is 53.2 Å². The maximum absolute atomic E-state index is 11.5. The molecule has 0 bridgehead atoms. The Morgan fingerprint density at radius 2 is 0.810 bits per heavy atom. The van der Waals surface area contributed by atoms with Gasteiger partial charge in [0, 0.05) is 140 Å². The predicted molar refractivity (Wildman–Crippen MR) is 327 cm³/mol. The zero-order valence-electron chi connectivity index (χ0n) is 44.9. The average molecular weight is 1260 g/mol. The van der Waals surface area contributed by atoms with E-state index in [4.69, 9.17) is 61.0 Å². The van der Waals surface area contributed by atoms with Crippen LogP contribution in [0.25, 0.3) is 33.1 Å². The van der Waals surface area contributed by atoms with Crippen LogP contribution in [0.3, 0.4) is 0 Å². The molecular weight excluding hydrogens is 1190 g/mol. The van der Waals surface area contributed by atoms with E-state index in [1.165, 1.54) is 0 Å². The number of carbonyl (C=O) groups excluding carboxylic acids is 2. The highest BCUT2D eigenvalue weighted by atomic mass is 36.0. The van der Waals surface area contributed by atoms with E-state index in [1.807, 2.05) is 78.5 Å². The fourth-order valence-electron chi connectivity index (χ4n) is 8.35. The van der Waals surface area contributed by atoms with Gasteiger partial charge in [0.2, 0.25) is 0 Å². The van der Waals surface area contributed by atoms with E-state index in [9.17, 15) is 29.2 Å². The summed E-state index contributed by atoms with van der Waals surface area (Å²) in [6, 6.07) is 18.2. The van der Waals surface area contributed by atoms with Crippen LogP contribution in [0, 0.1) is 0 Å².